The molecule has 2 atom stereocenters. The van der Waals surface area contributed by atoms with Gasteiger partial charge in [-0.25, -0.2) is 0 Å². The van der Waals surface area contributed by atoms with Crippen molar-refractivity contribution in [3.05, 3.63) is 21.3 Å². The first-order valence-electron chi connectivity index (χ1n) is 6.34. The second-order valence-corrected chi connectivity index (χ2v) is 6.00. The van der Waals surface area contributed by atoms with Gasteiger partial charge in [0, 0.05) is 31.2 Å². The molecule has 110 valence electrons. The summed E-state index contributed by atoms with van der Waals surface area (Å²) >= 11 is 7.43. The summed E-state index contributed by atoms with van der Waals surface area (Å²) in [5, 5.41) is 0. The normalized spacial score (nSPS) is 14.5. The minimum Gasteiger partial charge on any atom is -0.385 e. The summed E-state index contributed by atoms with van der Waals surface area (Å²) in [4.78, 5) is 1.05. The molecular weight excluding hydrogens is 286 g/mol. The standard InChI is InChI=1S/C13H22ClNO3S/c1-10(15)13(11-4-5-12(14)19-11)18-9-8-17-7-3-6-16-2/h4-5,10,13H,3,6-9,15H2,1-2H3. The van der Waals surface area contributed by atoms with E-state index < -0.39 is 0 Å². The van der Waals surface area contributed by atoms with Crippen molar-refractivity contribution < 1.29 is 14.2 Å². The molecule has 0 bridgehead atoms. The molecule has 6 heteroatoms. The maximum absolute atomic E-state index is 5.94. The lowest BCUT2D eigenvalue weighted by Crippen LogP contribution is -2.27. The Morgan fingerprint density at radius 2 is 2.05 bits per heavy atom. The van der Waals surface area contributed by atoms with Crippen molar-refractivity contribution in [3.8, 4) is 0 Å². The summed E-state index contributed by atoms with van der Waals surface area (Å²) in [6, 6.07) is 3.74. The van der Waals surface area contributed by atoms with Crippen molar-refractivity contribution >= 4 is 22.9 Å². The van der Waals surface area contributed by atoms with Gasteiger partial charge >= 0.3 is 0 Å². The molecular formula is C13H22ClNO3S. The van der Waals surface area contributed by atoms with Gasteiger partial charge in [-0.15, -0.1) is 11.3 Å². The Labute approximate surface area is 123 Å². The second-order valence-electron chi connectivity index (χ2n) is 4.25. The smallest absolute Gasteiger partial charge is 0.107 e. The maximum Gasteiger partial charge on any atom is 0.107 e. The first-order valence-corrected chi connectivity index (χ1v) is 7.53. The second kappa shape index (κ2) is 9.69. The number of nitrogens with two attached hydrogens (primary N) is 1. The highest BCUT2D eigenvalue weighted by Crippen LogP contribution is 2.30. The number of thiophene rings is 1. The molecule has 1 rings (SSSR count). The fourth-order valence-electron chi connectivity index (χ4n) is 1.62. The third-order valence-electron chi connectivity index (χ3n) is 2.51. The van der Waals surface area contributed by atoms with E-state index in [0.717, 1.165) is 22.2 Å². The van der Waals surface area contributed by atoms with E-state index in [4.69, 9.17) is 31.5 Å². The lowest BCUT2D eigenvalue weighted by atomic mass is 10.1. The molecule has 0 aliphatic carbocycles. The monoisotopic (exact) mass is 307 g/mol. The molecule has 0 saturated heterocycles. The quantitative estimate of drug-likeness (QED) is 0.675. The van der Waals surface area contributed by atoms with Crippen molar-refractivity contribution in [2.75, 3.05) is 33.5 Å². The molecule has 0 amide bonds. The van der Waals surface area contributed by atoms with E-state index in [-0.39, 0.29) is 12.1 Å². The zero-order valence-electron chi connectivity index (χ0n) is 11.4. The predicted octanol–water partition coefficient (Wildman–Crippen LogP) is 2.86. The van der Waals surface area contributed by atoms with Crippen LogP contribution in [0, 0.1) is 0 Å². The van der Waals surface area contributed by atoms with Crippen LogP contribution in [0.2, 0.25) is 4.34 Å². The lowest BCUT2D eigenvalue weighted by Gasteiger charge is -2.20. The summed E-state index contributed by atoms with van der Waals surface area (Å²) in [6.07, 6.45) is 0.772. The van der Waals surface area contributed by atoms with Crippen molar-refractivity contribution in [1.82, 2.24) is 0 Å². The van der Waals surface area contributed by atoms with Crippen LogP contribution in [0.3, 0.4) is 0 Å². The van der Waals surface area contributed by atoms with Crippen LogP contribution in [-0.4, -0.2) is 39.6 Å². The van der Waals surface area contributed by atoms with E-state index >= 15 is 0 Å². The van der Waals surface area contributed by atoms with Gasteiger partial charge in [0.15, 0.2) is 0 Å². The molecule has 0 fully saturated rings. The van der Waals surface area contributed by atoms with Gasteiger partial charge in [-0.1, -0.05) is 11.6 Å². The maximum atomic E-state index is 5.94. The van der Waals surface area contributed by atoms with Gasteiger partial charge in [0.25, 0.3) is 0 Å². The Morgan fingerprint density at radius 3 is 2.63 bits per heavy atom. The minimum absolute atomic E-state index is 0.0804. The van der Waals surface area contributed by atoms with Gasteiger partial charge in [-0.2, -0.15) is 0 Å². The zero-order valence-corrected chi connectivity index (χ0v) is 13.0. The lowest BCUT2D eigenvalue weighted by molar-refractivity contribution is -0.00617. The van der Waals surface area contributed by atoms with Crippen LogP contribution in [-0.2, 0) is 14.2 Å². The highest BCUT2D eigenvalue weighted by atomic mass is 35.5. The minimum atomic E-state index is -0.125. The van der Waals surface area contributed by atoms with E-state index in [0.29, 0.717) is 19.8 Å². The molecule has 1 heterocycles. The summed E-state index contributed by atoms with van der Waals surface area (Å²) in [7, 11) is 1.68. The molecule has 0 aliphatic heterocycles. The molecule has 2 N–H and O–H groups in total. The van der Waals surface area contributed by atoms with Crippen LogP contribution in [0.4, 0.5) is 0 Å². The molecule has 0 radical (unpaired) electrons. The van der Waals surface area contributed by atoms with E-state index in [1.807, 2.05) is 19.1 Å². The van der Waals surface area contributed by atoms with Crippen LogP contribution in [0.1, 0.15) is 24.3 Å². The molecule has 2 unspecified atom stereocenters. The molecule has 4 nitrogen and oxygen atoms in total. The third kappa shape index (κ3) is 6.70. The van der Waals surface area contributed by atoms with Gasteiger partial charge < -0.3 is 19.9 Å². The van der Waals surface area contributed by atoms with Gasteiger partial charge in [0.2, 0.25) is 0 Å². The average Bonchev–Trinajstić information content (AvgIpc) is 2.78. The summed E-state index contributed by atoms with van der Waals surface area (Å²) < 4.78 is 16.9. The topological polar surface area (TPSA) is 53.7 Å². The molecule has 0 saturated carbocycles. The number of methoxy groups -OCH3 is 1. The van der Waals surface area contributed by atoms with Crippen molar-refractivity contribution in [2.24, 2.45) is 5.73 Å². The first kappa shape index (κ1) is 16.9. The first-order chi connectivity index (χ1) is 9.15. The summed E-state index contributed by atoms with van der Waals surface area (Å²) in [6.45, 7) is 4.42. The van der Waals surface area contributed by atoms with Crippen molar-refractivity contribution in [1.29, 1.82) is 0 Å². The largest absolute Gasteiger partial charge is 0.385 e. The van der Waals surface area contributed by atoms with Crippen molar-refractivity contribution in [3.63, 3.8) is 0 Å². The fraction of sp³-hybridized carbons (Fsp3) is 0.692. The third-order valence-corrected chi connectivity index (χ3v) is 3.81. The number of rotatable bonds is 10. The highest BCUT2D eigenvalue weighted by Gasteiger charge is 2.18. The van der Waals surface area contributed by atoms with Gasteiger partial charge in [-0.3, -0.25) is 0 Å². The molecule has 19 heavy (non-hydrogen) atoms. The Kier molecular flexibility index (Phi) is 8.61. The Bertz CT molecular complexity index is 346. The van der Waals surface area contributed by atoms with E-state index in [1.54, 1.807) is 7.11 Å². The van der Waals surface area contributed by atoms with Crippen LogP contribution in [0.15, 0.2) is 12.1 Å². The number of hydrogen-bond donors (Lipinski definition) is 1. The van der Waals surface area contributed by atoms with Crippen LogP contribution >= 0.6 is 22.9 Å². The van der Waals surface area contributed by atoms with Crippen molar-refractivity contribution in [2.45, 2.75) is 25.5 Å². The van der Waals surface area contributed by atoms with E-state index in [1.165, 1.54) is 11.3 Å². The Balaban J connectivity index is 2.24. The van der Waals surface area contributed by atoms with Crippen LogP contribution < -0.4 is 5.73 Å². The molecule has 0 spiro atoms. The zero-order chi connectivity index (χ0) is 14.1. The molecule has 1 aromatic heterocycles. The summed E-state index contributed by atoms with van der Waals surface area (Å²) in [5.74, 6) is 0. The van der Waals surface area contributed by atoms with Gasteiger partial charge in [0.05, 0.1) is 17.6 Å². The van der Waals surface area contributed by atoms with E-state index in [2.05, 4.69) is 0 Å². The average molecular weight is 308 g/mol. The molecule has 1 aromatic rings. The van der Waals surface area contributed by atoms with Gasteiger partial charge in [-0.05, 0) is 25.5 Å². The molecule has 0 aliphatic rings. The summed E-state index contributed by atoms with van der Waals surface area (Å²) in [5.41, 5.74) is 5.94. The van der Waals surface area contributed by atoms with Crippen LogP contribution in [0.25, 0.3) is 0 Å². The van der Waals surface area contributed by atoms with Crippen LogP contribution in [0.5, 0.6) is 0 Å². The SMILES string of the molecule is COCCCOCCOC(c1ccc(Cl)s1)C(C)N. The predicted molar refractivity (Wildman–Crippen MR) is 79.0 cm³/mol. The van der Waals surface area contributed by atoms with Gasteiger partial charge in [0.1, 0.15) is 6.10 Å². The Hall–Kier alpha value is -0.170. The number of halogens is 1. The van der Waals surface area contributed by atoms with E-state index in [9.17, 15) is 0 Å². The Morgan fingerprint density at radius 1 is 1.26 bits per heavy atom. The highest BCUT2D eigenvalue weighted by molar-refractivity contribution is 7.16. The molecule has 0 aromatic carbocycles. The fourth-order valence-corrected chi connectivity index (χ4v) is 2.84. The number of hydrogen-bond acceptors (Lipinski definition) is 5. The number of ether oxygens (including phenoxy) is 3.